The van der Waals surface area contributed by atoms with Crippen molar-refractivity contribution in [1.82, 2.24) is 5.16 Å². The number of hydrogen-bond acceptors (Lipinski definition) is 4. The summed E-state index contributed by atoms with van der Waals surface area (Å²) in [5.41, 5.74) is 1.91. The third kappa shape index (κ3) is 4.21. The molecule has 0 saturated heterocycles. The van der Waals surface area contributed by atoms with E-state index < -0.39 is 9.84 Å². The van der Waals surface area contributed by atoms with Gasteiger partial charge in [-0.3, -0.25) is 0 Å². The predicted molar refractivity (Wildman–Crippen MR) is 89.7 cm³/mol. The number of sulfone groups is 1. The van der Waals surface area contributed by atoms with E-state index in [-0.39, 0.29) is 11.5 Å². The van der Waals surface area contributed by atoms with Gasteiger partial charge in [0.05, 0.1) is 17.2 Å². The molecule has 3 rings (SSSR count). The molecule has 1 aromatic heterocycles. The molecule has 0 aliphatic carbocycles. The van der Waals surface area contributed by atoms with Gasteiger partial charge >= 0.3 is 0 Å². The fraction of sp³-hybridized carbons (Fsp3) is 0.118. The van der Waals surface area contributed by atoms with Crippen molar-refractivity contribution < 1.29 is 12.9 Å². The van der Waals surface area contributed by atoms with Crippen LogP contribution in [-0.4, -0.2) is 13.6 Å². The average molecular weight is 348 g/mol. The van der Waals surface area contributed by atoms with E-state index in [1.54, 1.807) is 30.3 Å². The standard InChI is InChI=1S/C17H14ClNO3S/c18-15-8-4-5-13(9-15)11-23(20,21)12-16-10-17(22-19-16)14-6-2-1-3-7-14/h1-10H,11-12H2. The van der Waals surface area contributed by atoms with Crippen LogP contribution in [0.4, 0.5) is 0 Å². The highest BCUT2D eigenvalue weighted by molar-refractivity contribution is 7.89. The number of aromatic nitrogens is 1. The summed E-state index contributed by atoms with van der Waals surface area (Å²) in [5.74, 6) is 0.301. The van der Waals surface area contributed by atoms with Crippen molar-refractivity contribution in [2.24, 2.45) is 0 Å². The number of benzene rings is 2. The van der Waals surface area contributed by atoms with Gasteiger partial charge in [-0.1, -0.05) is 59.2 Å². The van der Waals surface area contributed by atoms with E-state index >= 15 is 0 Å². The monoisotopic (exact) mass is 347 g/mol. The van der Waals surface area contributed by atoms with Crippen LogP contribution in [0.25, 0.3) is 11.3 Å². The average Bonchev–Trinajstić information content (AvgIpc) is 2.95. The molecule has 0 amide bonds. The lowest BCUT2D eigenvalue weighted by molar-refractivity contribution is 0.425. The number of halogens is 1. The van der Waals surface area contributed by atoms with Crippen LogP contribution in [0.15, 0.2) is 65.2 Å². The molecule has 6 heteroatoms. The Hall–Kier alpha value is -2.11. The molecular formula is C17H14ClNO3S. The fourth-order valence-electron chi connectivity index (χ4n) is 2.28. The summed E-state index contributed by atoms with van der Waals surface area (Å²) in [4.78, 5) is 0. The molecule has 0 radical (unpaired) electrons. The summed E-state index contributed by atoms with van der Waals surface area (Å²) in [6, 6.07) is 17.9. The Morgan fingerprint density at radius 2 is 1.74 bits per heavy atom. The molecule has 118 valence electrons. The fourth-order valence-corrected chi connectivity index (χ4v) is 3.86. The Morgan fingerprint density at radius 1 is 0.957 bits per heavy atom. The summed E-state index contributed by atoms with van der Waals surface area (Å²) >= 11 is 5.88. The van der Waals surface area contributed by atoms with Crippen LogP contribution in [0.3, 0.4) is 0 Å². The maximum atomic E-state index is 12.3. The number of rotatable bonds is 5. The van der Waals surface area contributed by atoms with Crippen molar-refractivity contribution in [2.75, 3.05) is 0 Å². The topological polar surface area (TPSA) is 60.2 Å². The molecule has 0 aliphatic heterocycles. The SMILES string of the molecule is O=S(=O)(Cc1cccc(Cl)c1)Cc1cc(-c2ccccc2)on1. The van der Waals surface area contributed by atoms with Gasteiger partial charge in [0, 0.05) is 16.7 Å². The lowest BCUT2D eigenvalue weighted by Gasteiger charge is -2.02. The maximum absolute atomic E-state index is 12.3. The van der Waals surface area contributed by atoms with Gasteiger partial charge in [-0.05, 0) is 17.7 Å². The van der Waals surface area contributed by atoms with Crippen molar-refractivity contribution in [1.29, 1.82) is 0 Å². The highest BCUT2D eigenvalue weighted by Gasteiger charge is 2.17. The molecule has 0 N–H and O–H groups in total. The Kier molecular flexibility index (Phi) is 4.50. The van der Waals surface area contributed by atoms with Crippen molar-refractivity contribution in [2.45, 2.75) is 11.5 Å². The maximum Gasteiger partial charge on any atom is 0.167 e. The third-order valence-electron chi connectivity index (χ3n) is 3.26. The molecule has 0 bridgehead atoms. The lowest BCUT2D eigenvalue weighted by atomic mass is 10.2. The van der Waals surface area contributed by atoms with E-state index in [2.05, 4.69) is 5.16 Å². The first-order chi connectivity index (χ1) is 11.0. The van der Waals surface area contributed by atoms with Crippen LogP contribution in [0, 0.1) is 0 Å². The van der Waals surface area contributed by atoms with Crippen molar-refractivity contribution >= 4 is 21.4 Å². The molecule has 1 heterocycles. The molecule has 3 aromatic rings. The van der Waals surface area contributed by atoms with E-state index in [1.165, 1.54) is 0 Å². The van der Waals surface area contributed by atoms with Gasteiger partial charge in [0.25, 0.3) is 0 Å². The van der Waals surface area contributed by atoms with Crippen LogP contribution >= 0.6 is 11.6 Å². The minimum absolute atomic E-state index is 0.0823. The van der Waals surface area contributed by atoms with Crippen molar-refractivity contribution in [3.63, 3.8) is 0 Å². The highest BCUT2D eigenvalue weighted by Crippen LogP contribution is 2.22. The van der Waals surface area contributed by atoms with Gasteiger partial charge in [-0.2, -0.15) is 0 Å². The predicted octanol–water partition coefficient (Wildman–Crippen LogP) is 4.11. The summed E-state index contributed by atoms with van der Waals surface area (Å²) in [5, 5.41) is 4.38. The van der Waals surface area contributed by atoms with Gasteiger partial charge in [0.2, 0.25) is 0 Å². The van der Waals surface area contributed by atoms with Crippen LogP contribution in [0.5, 0.6) is 0 Å². The van der Waals surface area contributed by atoms with E-state index in [1.807, 2.05) is 30.3 Å². The second kappa shape index (κ2) is 6.56. The summed E-state index contributed by atoms with van der Waals surface area (Å²) < 4.78 is 29.8. The van der Waals surface area contributed by atoms with Gasteiger partial charge in [0.1, 0.15) is 0 Å². The Balaban J connectivity index is 1.75. The quantitative estimate of drug-likeness (QED) is 0.696. The smallest absolute Gasteiger partial charge is 0.167 e. The molecule has 0 spiro atoms. The Bertz CT molecular complexity index is 904. The highest BCUT2D eigenvalue weighted by atomic mass is 35.5. The zero-order valence-electron chi connectivity index (χ0n) is 12.1. The molecule has 0 saturated carbocycles. The lowest BCUT2D eigenvalue weighted by Crippen LogP contribution is -2.07. The summed E-state index contributed by atoms with van der Waals surface area (Å²) in [6.45, 7) is 0. The molecule has 2 aromatic carbocycles. The zero-order valence-corrected chi connectivity index (χ0v) is 13.7. The van der Waals surface area contributed by atoms with Crippen molar-refractivity contribution in [3.8, 4) is 11.3 Å². The molecule has 0 atom stereocenters. The van der Waals surface area contributed by atoms with Gasteiger partial charge in [-0.25, -0.2) is 8.42 Å². The first kappa shape index (κ1) is 15.8. The van der Waals surface area contributed by atoms with Crippen molar-refractivity contribution in [3.05, 3.63) is 76.9 Å². The van der Waals surface area contributed by atoms with Crippen LogP contribution < -0.4 is 0 Å². The van der Waals surface area contributed by atoms with Crippen LogP contribution in [-0.2, 0) is 21.3 Å². The molecule has 23 heavy (non-hydrogen) atoms. The van der Waals surface area contributed by atoms with Crippen LogP contribution in [0.1, 0.15) is 11.3 Å². The zero-order chi connectivity index (χ0) is 16.3. The minimum Gasteiger partial charge on any atom is -0.356 e. The molecule has 4 nitrogen and oxygen atoms in total. The summed E-state index contributed by atoms with van der Waals surface area (Å²) in [7, 11) is -3.35. The van der Waals surface area contributed by atoms with E-state index in [4.69, 9.17) is 16.1 Å². The Morgan fingerprint density at radius 3 is 2.48 bits per heavy atom. The molecule has 0 aliphatic rings. The molecule has 0 unspecified atom stereocenters. The van der Waals surface area contributed by atoms with Gasteiger partial charge in [-0.15, -0.1) is 0 Å². The third-order valence-corrected chi connectivity index (χ3v) is 5.00. The van der Waals surface area contributed by atoms with Crippen LogP contribution in [0.2, 0.25) is 5.02 Å². The number of nitrogens with zero attached hydrogens (tertiary/aromatic N) is 1. The van der Waals surface area contributed by atoms with E-state index in [0.717, 1.165) is 5.56 Å². The van der Waals surface area contributed by atoms with Gasteiger partial charge in [0.15, 0.2) is 15.6 Å². The first-order valence-corrected chi connectivity index (χ1v) is 9.18. The molecular weight excluding hydrogens is 334 g/mol. The Labute approximate surface area is 139 Å². The minimum atomic E-state index is -3.35. The van der Waals surface area contributed by atoms with E-state index in [9.17, 15) is 8.42 Å². The summed E-state index contributed by atoms with van der Waals surface area (Å²) in [6.07, 6.45) is 0. The second-order valence-corrected chi connectivity index (χ2v) is 7.71. The largest absolute Gasteiger partial charge is 0.356 e. The van der Waals surface area contributed by atoms with Gasteiger partial charge < -0.3 is 4.52 Å². The number of hydrogen-bond donors (Lipinski definition) is 0. The van der Waals surface area contributed by atoms with E-state index in [0.29, 0.717) is 22.0 Å². The molecule has 0 fully saturated rings. The first-order valence-electron chi connectivity index (χ1n) is 6.98. The second-order valence-electron chi connectivity index (χ2n) is 5.21. The normalized spacial score (nSPS) is 11.5.